The second-order valence-electron chi connectivity index (χ2n) is 6.15. The van der Waals surface area contributed by atoms with Gasteiger partial charge in [0, 0.05) is 27.8 Å². The van der Waals surface area contributed by atoms with E-state index in [9.17, 15) is 9.59 Å². The molecule has 2 aromatic heterocycles. The van der Waals surface area contributed by atoms with Gasteiger partial charge in [-0.15, -0.1) is 21.5 Å². The van der Waals surface area contributed by atoms with Gasteiger partial charge in [0.25, 0.3) is 5.91 Å². The first-order chi connectivity index (χ1) is 14.7. The highest BCUT2D eigenvalue weighted by Gasteiger charge is 2.11. The molecule has 2 N–H and O–H groups in total. The molecule has 0 aliphatic heterocycles. The zero-order chi connectivity index (χ0) is 20.8. The highest BCUT2D eigenvalue weighted by molar-refractivity contribution is 7.18. The number of benzene rings is 2. The van der Waals surface area contributed by atoms with Crippen molar-refractivity contribution >= 4 is 51.4 Å². The van der Waals surface area contributed by atoms with Gasteiger partial charge in [-0.25, -0.2) is 0 Å². The summed E-state index contributed by atoms with van der Waals surface area (Å²) in [5.74, 6) is -0.524. The molecule has 6 nitrogen and oxygen atoms in total. The van der Waals surface area contributed by atoms with Crippen molar-refractivity contribution in [1.82, 2.24) is 10.2 Å². The monoisotopic (exact) mass is 432 g/mol. The van der Waals surface area contributed by atoms with Gasteiger partial charge >= 0.3 is 0 Å². The van der Waals surface area contributed by atoms with Crippen LogP contribution in [0.1, 0.15) is 15.2 Å². The summed E-state index contributed by atoms with van der Waals surface area (Å²) in [6.07, 6.45) is 3.24. The molecule has 0 aliphatic carbocycles. The largest absolute Gasteiger partial charge is 0.323 e. The van der Waals surface area contributed by atoms with E-state index in [2.05, 4.69) is 20.8 Å². The van der Waals surface area contributed by atoms with Gasteiger partial charge in [0.15, 0.2) is 0 Å². The third kappa shape index (κ3) is 5.05. The maximum absolute atomic E-state index is 12.5. The van der Waals surface area contributed by atoms with Gasteiger partial charge < -0.3 is 5.32 Å². The fourth-order valence-corrected chi connectivity index (χ4v) is 3.94. The number of carbonyl (C=O) groups is 2. The molecular weight excluding hydrogens is 416 g/mol. The second-order valence-corrected chi connectivity index (χ2v) is 8.10. The molecule has 4 rings (SSSR count). The number of thiophene rings is 1. The van der Waals surface area contributed by atoms with Crippen molar-refractivity contribution in [3.05, 3.63) is 88.6 Å². The summed E-state index contributed by atoms with van der Waals surface area (Å²) in [6, 6.07) is 20.2. The van der Waals surface area contributed by atoms with Crippen LogP contribution >= 0.6 is 22.7 Å². The van der Waals surface area contributed by atoms with Crippen molar-refractivity contribution in [3.8, 4) is 10.6 Å². The molecule has 8 heteroatoms. The van der Waals surface area contributed by atoms with E-state index in [1.165, 1.54) is 17.4 Å². The highest BCUT2D eigenvalue weighted by atomic mass is 32.1. The van der Waals surface area contributed by atoms with E-state index >= 15 is 0 Å². The van der Waals surface area contributed by atoms with Crippen molar-refractivity contribution in [1.29, 1.82) is 0 Å². The average molecular weight is 433 g/mol. The van der Waals surface area contributed by atoms with Crippen LogP contribution in [0.4, 0.5) is 10.8 Å². The van der Waals surface area contributed by atoms with Gasteiger partial charge in [-0.2, -0.15) is 0 Å². The van der Waals surface area contributed by atoms with Crippen molar-refractivity contribution in [3.63, 3.8) is 0 Å². The van der Waals surface area contributed by atoms with Gasteiger partial charge in [-0.1, -0.05) is 47.7 Å². The molecule has 0 aliphatic rings. The third-order valence-electron chi connectivity index (χ3n) is 4.02. The molecule has 0 atom stereocenters. The summed E-state index contributed by atoms with van der Waals surface area (Å²) >= 11 is 2.86. The number of aromatic nitrogens is 2. The van der Waals surface area contributed by atoms with Crippen molar-refractivity contribution in [2.75, 3.05) is 10.6 Å². The maximum Gasteiger partial charge on any atom is 0.257 e. The predicted molar refractivity (Wildman–Crippen MR) is 122 cm³/mol. The van der Waals surface area contributed by atoms with E-state index < -0.39 is 0 Å². The fourth-order valence-electron chi connectivity index (χ4n) is 2.57. The second kappa shape index (κ2) is 9.25. The summed E-state index contributed by atoms with van der Waals surface area (Å²) < 4.78 is 0. The van der Waals surface area contributed by atoms with Crippen LogP contribution < -0.4 is 10.6 Å². The first-order valence-electron chi connectivity index (χ1n) is 9.00. The lowest BCUT2D eigenvalue weighted by Crippen LogP contribution is -2.12. The summed E-state index contributed by atoms with van der Waals surface area (Å²) in [7, 11) is 0. The molecule has 148 valence electrons. The molecule has 0 radical (unpaired) electrons. The van der Waals surface area contributed by atoms with E-state index in [1.54, 1.807) is 41.7 Å². The van der Waals surface area contributed by atoms with Gasteiger partial charge in [0.05, 0.1) is 0 Å². The smallest absolute Gasteiger partial charge is 0.257 e. The summed E-state index contributed by atoms with van der Waals surface area (Å²) in [4.78, 5) is 25.5. The minimum absolute atomic E-state index is 0.233. The van der Waals surface area contributed by atoms with Gasteiger partial charge in [-0.3, -0.25) is 14.9 Å². The maximum atomic E-state index is 12.5. The Labute approximate surface area is 180 Å². The van der Waals surface area contributed by atoms with Crippen LogP contribution in [0.3, 0.4) is 0 Å². The quantitative estimate of drug-likeness (QED) is 0.412. The summed E-state index contributed by atoms with van der Waals surface area (Å²) in [5.41, 5.74) is 2.01. The molecule has 2 aromatic carbocycles. The molecule has 0 spiro atoms. The molecule has 0 unspecified atom stereocenters. The highest BCUT2D eigenvalue weighted by Crippen LogP contribution is 2.26. The number of anilines is 2. The standard InChI is InChI=1S/C22H16N4O2S2/c27-19(13-12-18-7-4-14-29-18)23-17-10-8-15(9-11-17)20(28)24-22-26-25-21(30-22)16-5-2-1-3-6-16/h1-14H,(H,23,27)(H,24,26,28)/b13-12+. The van der Waals surface area contributed by atoms with E-state index in [-0.39, 0.29) is 11.8 Å². The molecule has 0 fully saturated rings. The zero-order valence-electron chi connectivity index (χ0n) is 15.6. The Morgan fingerprint density at radius 2 is 1.67 bits per heavy atom. The Bertz CT molecular complexity index is 1170. The third-order valence-corrected chi connectivity index (χ3v) is 5.75. The van der Waals surface area contributed by atoms with Crippen LogP contribution in [-0.4, -0.2) is 22.0 Å². The Balaban J connectivity index is 1.35. The first kappa shape index (κ1) is 19.7. The number of carbonyl (C=O) groups excluding carboxylic acids is 2. The summed E-state index contributed by atoms with van der Waals surface area (Å²) in [6.45, 7) is 0. The number of amides is 2. The average Bonchev–Trinajstić information content (AvgIpc) is 3.46. The number of hydrogen-bond acceptors (Lipinski definition) is 6. The molecular formula is C22H16N4O2S2. The molecule has 0 saturated heterocycles. The van der Waals surface area contributed by atoms with E-state index in [4.69, 9.17) is 0 Å². The Hall–Kier alpha value is -3.62. The number of hydrogen-bond donors (Lipinski definition) is 2. The van der Waals surface area contributed by atoms with Crippen molar-refractivity contribution < 1.29 is 9.59 Å². The molecule has 2 heterocycles. The predicted octanol–water partition coefficient (Wildman–Crippen LogP) is 5.17. The van der Waals surface area contributed by atoms with Crippen LogP contribution in [0.15, 0.2) is 78.2 Å². The van der Waals surface area contributed by atoms with Gasteiger partial charge in [-0.05, 0) is 41.8 Å². The van der Waals surface area contributed by atoms with Crippen LogP contribution in [0, 0.1) is 0 Å². The Kier molecular flexibility index (Phi) is 6.07. The topological polar surface area (TPSA) is 84.0 Å². The van der Waals surface area contributed by atoms with Gasteiger partial charge in [0.1, 0.15) is 5.01 Å². The van der Waals surface area contributed by atoms with E-state index in [0.717, 1.165) is 15.4 Å². The van der Waals surface area contributed by atoms with Crippen molar-refractivity contribution in [2.45, 2.75) is 0 Å². The normalized spacial score (nSPS) is 10.8. The van der Waals surface area contributed by atoms with Crippen LogP contribution in [0.2, 0.25) is 0 Å². The van der Waals surface area contributed by atoms with E-state index in [1.807, 2.05) is 47.8 Å². The van der Waals surface area contributed by atoms with Crippen LogP contribution in [0.5, 0.6) is 0 Å². The molecule has 0 bridgehead atoms. The lowest BCUT2D eigenvalue weighted by atomic mass is 10.2. The summed E-state index contributed by atoms with van der Waals surface area (Å²) in [5, 5.41) is 16.8. The molecule has 30 heavy (non-hydrogen) atoms. The van der Waals surface area contributed by atoms with Crippen LogP contribution in [0.25, 0.3) is 16.6 Å². The molecule has 4 aromatic rings. The molecule has 2 amide bonds. The SMILES string of the molecule is O=C(/C=C/c1cccs1)Nc1ccc(C(=O)Nc2nnc(-c3ccccc3)s2)cc1. The lowest BCUT2D eigenvalue weighted by Gasteiger charge is -2.04. The van der Waals surface area contributed by atoms with Crippen molar-refractivity contribution in [2.24, 2.45) is 0 Å². The first-order valence-corrected chi connectivity index (χ1v) is 10.7. The zero-order valence-corrected chi connectivity index (χ0v) is 17.2. The minimum atomic E-state index is -0.291. The van der Waals surface area contributed by atoms with E-state index in [0.29, 0.717) is 16.4 Å². The number of nitrogens with zero attached hydrogens (tertiary/aromatic N) is 2. The fraction of sp³-hybridized carbons (Fsp3) is 0. The van der Waals surface area contributed by atoms with Gasteiger partial charge in [0.2, 0.25) is 11.0 Å². The number of nitrogens with one attached hydrogen (secondary N) is 2. The minimum Gasteiger partial charge on any atom is -0.323 e. The molecule has 0 saturated carbocycles. The Morgan fingerprint density at radius 3 is 2.40 bits per heavy atom. The van der Waals surface area contributed by atoms with Crippen LogP contribution in [-0.2, 0) is 4.79 Å². The number of rotatable bonds is 6. The lowest BCUT2D eigenvalue weighted by molar-refractivity contribution is -0.111. The Morgan fingerprint density at radius 1 is 0.867 bits per heavy atom.